The van der Waals surface area contributed by atoms with Gasteiger partial charge in [0.15, 0.2) is 17.6 Å². The lowest BCUT2D eigenvalue weighted by Gasteiger charge is -2.34. The van der Waals surface area contributed by atoms with Crippen molar-refractivity contribution in [1.29, 1.82) is 0 Å². The number of carbonyl (C=O) groups excluding carboxylic acids is 1. The summed E-state index contributed by atoms with van der Waals surface area (Å²) in [7, 11) is 0. The lowest BCUT2D eigenvalue weighted by Crippen LogP contribution is -2.35. The normalized spacial score (nSPS) is 17.6. The first-order chi connectivity index (χ1) is 14.4. The molecule has 1 aliphatic rings. The molecule has 0 spiro atoms. The van der Waals surface area contributed by atoms with Gasteiger partial charge in [-0.05, 0) is 17.7 Å². The van der Waals surface area contributed by atoms with Crippen LogP contribution in [0.5, 0.6) is 28.7 Å². The van der Waals surface area contributed by atoms with E-state index in [0.29, 0.717) is 11.1 Å². The Kier molecular flexibility index (Phi) is 5.10. The number of hydrogen-bond acceptors (Lipinski definition) is 7. The third-order valence-electron chi connectivity index (χ3n) is 4.97. The average Bonchev–Trinajstić information content (AvgIpc) is 2.71. The van der Waals surface area contributed by atoms with Gasteiger partial charge in [-0.3, -0.25) is 4.79 Å². The van der Waals surface area contributed by atoms with E-state index in [1.165, 1.54) is 24.3 Å². The Hall–Kier alpha value is -3.87. The fourth-order valence-electron chi connectivity index (χ4n) is 3.52. The maximum atomic E-state index is 12.6. The molecule has 3 aromatic rings. The van der Waals surface area contributed by atoms with Gasteiger partial charge in [0.2, 0.25) is 0 Å². The molecular formula is C23H20O7. The van der Waals surface area contributed by atoms with Crippen LogP contribution >= 0.6 is 0 Å². The number of carbonyl (C=O) groups is 1. The fraction of sp³-hybridized carbons (Fsp3) is 0.174. The van der Waals surface area contributed by atoms with Crippen molar-refractivity contribution < 1.29 is 34.7 Å². The largest absolute Gasteiger partial charge is 0.508 e. The van der Waals surface area contributed by atoms with E-state index in [2.05, 4.69) is 0 Å². The summed E-state index contributed by atoms with van der Waals surface area (Å²) in [5.41, 5.74) is 1.67. The summed E-state index contributed by atoms with van der Waals surface area (Å²) < 4.78 is 11.6. The molecule has 0 saturated heterocycles. The molecule has 2 atom stereocenters. The lowest BCUT2D eigenvalue weighted by molar-refractivity contribution is -0.154. The van der Waals surface area contributed by atoms with Crippen LogP contribution in [-0.2, 0) is 22.4 Å². The average molecular weight is 408 g/mol. The highest BCUT2D eigenvalue weighted by Gasteiger charge is 2.36. The van der Waals surface area contributed by atoms with E-state index in [-0.39, 0.29) is 41.6 Å². The molecule has 0 bridgehead atoms. The highest BCUT2D eigenvalue weighted by Crippen LogP contribution is 2.43. The summed E-state index contributed by atoms with van der Waals surface area (Å²) in [5.74, 6) is -1.18. The molecule has 7 nitrogen and oxygen atoms in total. The molecule has 0 saturated carbocycles. The summed E-state index contributed by atoms with van der Waals surface area (Å²) in [6.45, 7) is 0. The van der Waals surface area contributed by atoms with Crippen molar-refractivity contribution in [2.45, 2.75) is 25.0 Å². The van der Waals surface area contributed by atoms with Crippen molar-refractivity contribution in [1.82, 2.24) is 0 Å². The summed E-state index contributed by atoms with van der Waals surface area (Å²) in [6.07, 6.45) is -1.40. The van der Waals surface area contributed by atoms with E-state index in [4.69, 9.17) is 9.47 Å². The molecule has 0 aliphatic carbocycles. The van der Waals surface area contributed by atoms with E-state index in [1.807, 2.05) is 30.3 Å². The molecular weight excluding hydrogens is 388 g/mol. The molecule has 0 radical (unpaired) electrons. The second kappa shape index (κ2) is 7.87. The Bertz CT molecular complexity index is 1080. The Morgan fingerprint density at radius 2 is 1.70 bits per heavy atom. The van der Waals surface area contributed by atoms with E-state index >= 15 is 0 Å². The smallest absolute Gasteiger partial charge is 0.310 e. The van der Waals surface area contributed by atoms with Gasteiger partial charge in [0.25, 0.3) is 0 Å². The van der Waals surface area contributed by atoms with E-state index < -0.39 is 18.2 Å². The monoisotopic (exact) mass is 408 g/mol. The van der Waals surface area contributed by atoms with Crippen molar-refractivity contribution in [3.05, 3.63) is 77.4 Å². The third kappa shape index (κ3) is 3.96. The van der Waals surface area contributed by atoms with Crippen LogP contribution < -0.4 is 4.74 Å². The Balaban J connectivity index is 1.65. The predicted molar refractivity (Wildman–Crippen MR) is 107 cm³/mol. The zero-order chi connectivity index (χ0) is 21.3. The Morgan fingerprint density at radius 3 is 2.43 bits per heavy atom. The third-order valence-corrected chi connectivity index (χ3v) is 4.97. The number of phenols is 4. The van der Waals surface area contributed by atoms with Gasteiger partial charge in [0, 0.05) is 29.7 Å². The molecule has 0 unspecified atom stereocenters. The van der Waals surface area contributed by atoms with Crippen molar-refractivity contribution >= 4 is 5.97 Å². The van der Waals surface area contributed by atoms with Gasteiger partial charge in [0.05, 0.1) is 6.42 Å². The molecule has 7 heteroatoms. The number of phenolic OH excluding ortho intramolecular Hbond substituents is 4. The predicted octanol–water partition coefficient (Wildman–Crippen LogP) is 3.34. The van der Waals surface area contributed by atoms with Crippen LogP contribution in [0.4, 0.5) is 0 Å². The second-order valence-electron chi connectivity index (χ2n) is 7.12. The van der Waals surface area contributed by atoms with Crippen molar-refractivity contribution in [2.24, 2.45) is 0 Å². The van der Waals surface area contributed by atoms with E-state index in [1.54, 1.807) is 6.07 Å². The van der Waals surface area contributed by atoms with Gasteiger partial charge >= 0.3 is 5.97 Å². The summed E-state index contributed by atoms with van der Waals surface area (Å²) >= 11 is 0. The van der Waals surface area contributed by atoms with Gasteiger partial charge in [0.1, 0.15) is 23.4 Å². The minimum Gasteiger partial charge on any atom is -0.508 e. The van der Waals surface area contributed by atoms with E-state index in [0.717, 1.165) is 5.56 Å². The van der Waals surface area contributed by atoms with Gasteiger partial charge in [-0.1, -0.05) is 36.4 Å². The first kappa shape index (κ1) is 19.4. The zero-order valence-corrected chi connectivity index (χ0v) is 15.9. The highest BCUT2D eigenvalue weighted by molar-refractivity contribution is 5.73. The number of rotatable bonds is 4. The molecule has 4 N–H and O–H groups in total. The molecule has 1 aliphatic heterocycles. The molecule has 30 heavy (non-hydrogen) atoms. The SMILES string of the molecule is O=C(Cc1ccccc1)O[C@H]1Cc2c(O)cc(O)cc2O[C@@H]1c1ccc(O)c(O)c1. The van der Waals surface area contributed by atoms with Crippen LogP contribution in [0.15, 0.2) is 60.7 Å². The van der Waals surface area contributed by atoms with Crippen molar-refractivity contribution in [3.8, 4) is 28.7 Å². The summed E-state index contributed by atoms with van der Waals surface area (Å²) in [6, 6.07) is 15.9. The van der Waals surface area contributed by atoms with Crippen LogP contribution in [0.3, 0.4) is 0 Å². The van der Waals surface area contributed by atoms with Crippen LogP contribution in [0.2, 0.25) is 0 Å². The lowest BCUT2D eigenvalue weighted by atomic mass is 9.93. The van der Waals surface area contributed by atoms with Crippen molar-refractivity contribution in [2.75, 3.05) is 0 Å². The minimum atomic E-state index is -0.815. The van der Waals surface area contributed by atoms with Crippen LogP contribution in [0, 0.1) is 0 Å². The van der Waals surface area contributed by atoms with Crippen molar-refractivity contribution in [3.63, 3.8) is 0 Å². The van der Waals surface area contributed by atoms with Gasteiger partial charge in [-0.2, -0.15) is 0 Å². The molecule has 0 amide bonds. The number of esters is 1. The topological polar surface area (TPSA) is 116 Å². The fourth-order valence-corrected chi connectivity index (χ4v) is 3.52. The molecule has 154 valence electrons. The number of aromatic hydroxyl groups is 4. The van der Waals surface area contributed by atoms with Crippen LogP contribution in [0.25, 0.3) is 0 Å². The van der Waals surface area contributed by atoms with Gasteiger partial charge in [-0.15, -0.1) is 0 Å². The van der Waals surface area contributed by atoms with Gasteiger partial charge < -0.3 is 29.9 Å². The van der Waals surface area contributed by atoms with Gasteiger partial charge in [-0.25, -0.2) is 0 Å². The first-order valence-electron chi connectivity index (χ1n) is 9.37. The quantitative estimate of drug-likeness (QED) is 0.386. The molecule has 4 rings (SSSR count). The summed E-state index contributed by atoms with van der Waals surface area (Å²) in [5, 5.41) is 39.5. The number of ether oxygens (including phenoxy) is 2. The van der Waals surface area contributed by atoms with Crippen LogP contribution in [0.1, 0.15) is 22.8 Å². The molecule has 0 aromatic heterocycles. The molecule has 0 fully saturated rings. The van der Waals surface area contributed by atoms with Crippen LogP contribution in [-0.4, -0.2) is 32.5 Å². The maximum Gasteiger partial charge on any atom is 0.310 e. The first-order valence-corrected chi connectivity index (χ1v) is 9.37. The molecule has 1 heterocycles. The summed E-state index contributed by atoms with van der Waals surface area (Å²) in [4.78, 5) is 12.6. The Labute approximate surface area is 172 Å². The standard InChI is InChI=1S/C23H20O7/c24-15-10-18(26)16-12-21(29-22(28)8-13-4-2-1-3-5-13)23(30-20(16)11-15)14-6-7-17(25)19(27)9-14/h1-7,9-11,21,23-27H,8,12H2/t21-,23+/m0/s1. The minimum absolute atomic E-state index is 0.0688. The molecule has 3 aromatic carbocycles. The van der Waals surface area contributed by atoms with E-state index in [9.17, 15) is 25.2 Å². The highest BCUT2D eigenvalue weighted by atomic mass is 16.6. The zero-order valence-electron chi connectivity index (χ0n) is 15.9. The Morgan fingerprint density at radius 1 is 0.933 bits per heavy atom. The second-order valence-corrected chi connectivity index (χ2v) is 7.12. The number of hydrogen-bond donors (Lipinski definition) is 4. The number of benzene rings is 3. The maximum absolute atomic E-state index is 12.6. The number of fused-ring (bicyclic) bond motifs is 1.